The first-order valence-corrected chi connectivity index (χ1v) is 6.57. The van der Waals surface area contributed by atoms with Crippen molar-refractivity contribution in [2.45, 2.75) is 19.3 Å². The molecule has 3 rings (SSSR count). The minimum absolute atomic E-state index is 0.142. The van der Waals surface area contributed by atoms with Crippen LogP contribution in [0.5, 0.6) is 0 Å². The standard InChI is InChI=1S/C16H15NO2/c18-17(19)15-9-7-13(8-10-15)16-4-2-1-3-14(16)11-12-5-6-12/h1-4,7-10,12H,5-6,11H2. The lowest BCUT2D eigenvalue weighted by Crippen LogP contribution is -1.92. The molecule has 1 aliphatic rings. The van der Waals surface area contributed by atoms with Crippen molar-refractivity contribution in [1.29, 1.82) is 0 Å². The molecule has 0 atom stereocenters. The summed E-state index contributed by atoms with van der Waals surface area (Å²) in [5, 5.41) is 10.7. The molecule has 1 aliphatic carbocycles. The van der Waals surface area contributed by atoms with Crippen LogP contribution in [0.4, 0.5) is 5.69 Å². The van der Waals surface area contributed by atoms with E-state index in [0.29, 0.717) is 0 Å². The Bertz CT molecular complexity index is 600. The van der Waals surface area contributed by atoms with Crippen molar-refractivity contribution in [2.75, 3.05) is 0 Å². The minimum Gasteiger partial charge on any atom is -0.258 e. The molecule has 0 unspecified atom stereocenters. The number of hydrogen-bond donors (Lipinski definition) is 0. The van der Waals surface area contributed by atoms with E-state index in [2.05, 4.69) is 18.2 Å². The van der Waals surface area contributed by atoms with E-state index in [1.54, 1.807) is 12.1 Å². The molecule has 2 aromatic carbocycles. The monoisotopic (exact) mass is 253 g/mol. The van der Waals surface area contributed by atoms with E-state index in [4.69, 9.17) is 0 Å². The second-order valence-electron chi connectivity index (χ2n) is 5.11. The van der Waals surface area contributed by atoms with Gasteiger partial charge in [-0.2, -0.15) is 0 Å². The molecular formula is C16H15NO2. The summed E-state index contributed by atoms with van der Waals surface area (Å²) in [4.78, 5) is 10.3. The highest BCUT2D eigenvalue weighted by atomic mass is 16.6. The molecule has 0 amide bonds. The molecule has 96 valence electrons. The van der Waals surface area contributed by atoms with Crippen LogP contribution in [0.25, 0.3) is 11.1 Å². The molecule has 3 heteroatoms. The Morgan fingerprint density at radius 1 is 1.05 bits per heavy atom. The molecule has 0 bridgehead atoms. The zero-order chi connectivity index (χ0) is 13.2. The summed E-state index contributed by atoms with van der Waals surface area (Å²) in [5.74, 6) is 0.833. The number of nitro benzene ring substituents is 1. The Hall–Kier alpha value is -2.16. The number of nitro groups is 1. The van der Waals surface area contributed by atoms with Crippen LogP contribution in [0, 0.1) is 16.0 Å². The van der Waals surface area contributed by atoms with Crippen molar-refractivity contribution in [1.82, 2.24) is 0 Å². The molecule has 19 heavy (non-hydrogen) atoms. The van der Waals surface area contributed by atoms with Crippen LogP contribution in [0.1, 0.15) is 18.4 Å². The van der Waals surface area contributed by atoms with E-state index in [-0.39, 0.29) is 10.6 Å². The fourth-order valence-corrected chi connectivity index (χ4v) is 2.38. The van der Waals surface area contributed by atoms with E-state index in [0.717, 1.165) is 17.9 Å². The van der Waals surface area contributed by atoms with E-state index in [9.17, 15) is 10.1 Å². The fourth-order valence-electron chi connectivity index (χ4n) is 2.38. The molecule has 0 aromatic heterocycles. The van der Waals surface area contributed by atoms with Crippen LogP contribution in [0.15, 0.2) is 48.5 Å². The predicted octanol–water partition coefficient (Wildman–Crippen LogP) is 4.21. The summed E-state index contributed by atoms with van der Waals surface area (Å²) in [6.45, 7) is 0. The molecule has 0 heterocycles. The van der Waals surface area contributed by atoms with Crippen molar-refractivity contribution in [3.63, 3.8) is 0 Å². The van der Waals surface area contributed by atoms with Gasteiger partial charge in [-0.3, -0.25) is 10.1 Å². The third-order valence-electron chi connectivity index (χ3n) is 3.61. The topological polar surface area (TPSA) is 43.1 Å². The van der Waals surface area contributed by atoms with Crippen LogP contribution in [0.2, 0.25) is 0 Å². The lowest BCUT2D eigenvalue weighted by molar-refractivity contribution is -0.384. The second-order valence-corrected chi connectivity index (χ2v) is 5.11. The van der Waals surface area contributed by atoms with Gasteiger partial charge in [0.15, 0.2) is 0 Å². The molecule has 0 N–H and O–H groups in total. The number of non-ortho nitro benzene ring substituents is 1. The van der Waals surface area contributed by atoms with Gasteiger partial charge >= 0.3 is 0 Å². The Kier molecular flexibility index (Phi) is 3.03. The summed E-state index contributed by atoms with van der Waals surface area (Å²) in [5.41, 5.74) is 3.74. The molecule has 1 saturated carbocycles. The van der Waals surface area contributed by atoms with Crippen molar-refractivity contribution in [3.8, 4) is 11.1 Å². The van der Waals surface area contributed by atoms with Gasteiger partial charge in [-0.15, -0.1) is 0 Å². The number of benzene rings is 2. The summed E-state index contributed by atoms with van der Waals surface area (Å²) >= 11 is 0. The van der Waals surface area contributed by atoms with Gasteiger partial charge in [0.25, 0.3) is 5.69 Å². The van der Waals surface area contributed by atoms with Gasteiger partial charge in [0.05, 0.1) is 4.92 Å². The molecule has 2 aromatic rings. The molecule has 3 nitrogen and oxygen atoms in total. The zero-order valence-electron chi connectivity index (χ0n) is 10.6. The Morgan fingerprint density at radius 3 is 2.37 bits per heavy atom. The zero-order valence-corrected chi connectivity index (χ0v) is 10.6. The predicted molar refractivity (Wildman–Crippen MR) is 75.0 cm³/mol. The molecule has 0 spiro atoms. The van der Waals surface area contributed by atoms with E-state index in [1.165, 1.54) is 24.0 Å². The summed E-state index contributed by atoms with van der Waals surface area (Å²) in [7, 11) is 0. The first-order chi connectivity index (χ1) is 9.24. The second kappa shape index (κ2) is 4.84. The minimum atomic E-state index is -0.361. The number of nitrogens with zero attached hydrogens (tertiary/aromatic N) is 1. The number of hydrogen-bond acceptors (Lipinski definition) is 2. The van der Waals surface area contributed by atoms with E-state index >= 15 is 0 Å². The normalized spacial score (nSPS) is 14.3. The highest BCUT2D eigenvalue weighted by Gasteiger charge is 2.22. The first-order valence-electron chi connectivity index (χ1n) is 6.57. The van der Waals surface area contributed by atoms with Crippen LogP contribution in [-0.2, 0) is 6.42 Å². The van der Waals surface area contributed by atoms with Gasteiger partial charge in [0.1, 0.15) is 0 Å². The Balaban J connectivity index is 1.94. The molecular weight excluding hydrogens is 238 g/mol. The average molecular weight is 253 g/mol. The van der Waals surface area contributed by atoms with E-state index in [1.807, 2.05) is 18.2 Å². The molecule has 0 saturated heterocycles. The third kappa shape index (κ3) is 2.65. The SMILES string of the molecule is O=[N+]([O-])c1ccc(-c2ccccc2CC2CC2)cc1. The molecule has 1 fully saturated rings. The highest BCUT2D eigenvalue weighted by molar-refractivity contribution is 5.68. The van der Waals surface area contributed by atoms with Crippen LogP contribution in [0.3, 0.4) is 0 Å². The summed E-state index contributed by atoms with van der Waals surface area (Å²) in [6.07, 6.45) is 3.77. The average Bonchev–Trinajstić information content (AvgIpc) is 3.23. The maximum Gasteiger partial charge on any atom is 0.269 e. The van der Waals surface area contributed by atoms with Gasteiger partial charge < -0.3 is 0 Å². The fraction of sp³-hybridized carbons (Fsp3) is 0.250. The summed E-state index contributed by atoms with van der Waals surface area (Å²) < 4.78 is 0. The van der Waals surface area contributed by atoms with Crippen LogP contribution < -0.4 is 0 Å². The summed E-state index contributed by atoms with van der Waals surface area (Å²) in [6, 6.07) is 15.2. The third-order valence-corrected chi connectivity index (χ3v) is 3.61. The van der Waals surface area contributed by atoms with Gasteiger partial charge in [0, 0.05) is 12.1 Å². The van der Waals surface area contributed by atoms with Crippen molar-refractivity contribution < 1.29 is 4.92 Å². The first kappa shape index (κ1) is 11.9. The highest BCUT2D eigenvalue weighted by Crippen LogP contribution is 2.35. The van der Waals surface area contributed by atoms with Gasteiger partial charge in [-0.1, -0.05) is 24.3 Å². The van der Waals surface area contributed by atoms with Gasteiger partial charge in [0.2, 0.25) is 0 Å². The lowest BCUT2D eigenvalue weighted by Gasteiger charge is -2.09. The Morgan fingerprint density at radius 2 is 1.74 bits per heavy atom. The van der Waals surface area contributed by atoms with Crippen molar-refractivity contribution >= 4 is 5.69 Å². The Labute approximate surface area is 112 Å². The van der Waals surface area contributed by atoms with Crippen LogP contribution in [-0.4, -0.2) is 4.92 Å². The molecule has 0 aliphatic heterocycles. The lowest BCUT2D eigenvalue weighted by atomic mass is 9.96. The maximum absolute atomic E-state index is 10.7. The number of rotatable bonds is 4. The quantitative estimate of drug-likeness (QED) is 0.605. The smallest absolute Gasteiger partial charge is 0.258 e. The van der Waals surface area contributed by atoms with Gasteiger partial charge in [-0.25, -0.2) is 0 Å². The molecule has 0 radical (unpaired) electrons. The van der Waals surface area contributed by atoms with E-state index < -0.39 is 0 Å². The van der Waals surface area contributed by atoms with Crippen molar-refractivity contribution in [3.05, 3.63) is 64.2 Å². The van der Waals surface area contributed by atoms with Crippen LogP contribution >= 0.6 is 0 Å². The van der Waals surface area contributed by atoms with Crippen molar-refractivity contribution in [2.24, 2.45) is 5.92 Å². The van der Waals surface area contributed by atoms with Gasteiger partial charge in [-0.05, 0) is 54.0 Å². The maximum atomic E-state index is 10.7. The largest absolute Gasteiger partial charge is 0.269 e.